The second-order valence-electron chi connectivity index (χ2n) is 4.85. The Morgan fingerprint density at radius 1 is 0.516 bits per heavy atom. The molecule has 0 spiro atoms. The summed E-state index contributed by atoms with van der Waals surface area (Å²) in [5, 5.41) is 29.6. The fourth-order valence-corrected chi connectivity index (χ4v) is 0.799. The van der Waals surface area contributed by atoms with E-state index in [-0.39, 0.29) is 58.6 Å². The molecule has 0 bridgehead atoms. The molecule has 0 atom stereocenters. The number of hydrogen-bond acceptors (Lipinski definition) is 6. The van der Waals surface area contributed by atoms with Crippen molar-refractivity contribution in [2.24, 2.45) is 0 Å². The van der Waals surface area contributed by atoms with Crippen molar-refractivity contribution < 1.29 is 110 Å². The van der Waals surface area contributed by atoms with E-state index >= 15 is 0 Å². The average Bonchev–Trinajstić information content (AvgIpc) is 2.43. The summed E-state index contributed by atoms with van der Waals surface area (Å²) in [7, 11) is 0. The van der Waals surface area contributed by atoms with Crippen LogP contribution in [-0.4, -0.2) is 35.9 Å². The Balaban J connectivity index is -0.000000174. The minimum Gasteiger partial charge on any atom is -0.869 e. The number of alkyl halides is 9. The molecule has 0 amide bonds. The Bertz CT molecular complexity index is 606. The summed E-state index contributed by atoms with van der Waals surface area (Å²) in [6.07, 6.45) is -14.7. The van der Waals surface area contributed by atoms with Crippen LogP contribution in [0.5, 0.6) is 0 Å². The Hall–Kier alpha value is -1.66. The van der Waals surface area contributed by atoms with E-state index in [1.165, 1.54) is 0 Å². The van der Waals surface area contributed by atoms with Crippen molar-refractivity contribution in [2.45, 2.75) is 39.3 Å². The van der Waals surface area contributed by atoms with Gasteiger partial charge in [0.2, 0.25) is 0 Å². The van der Waals surface area contributed by atoms with Crippen molar-refractivity contribution >= 4 is 17.3 Å². The predicted molar refractivity (Wildman–Crippen MR) is 74.5 cm³/mol. The molecule has 0 aliphatic heterocycles. The first-order valence-electron chi connectivity index (χ1n) is 6.91. The van der Waals surface area contributed by atoms with Crippen molar-refractivity contribution in [3.63, 3.8) is 0 Å². The van der Waals surface area contributed by atoms with Gasteiger partial charge in [0.1, 0.15) is 0 Å². The molecule has 1 radical (unpaired) electrons. The molecule has 0 aliphatic rings. The maximum Gasteiger partial charge on any atom is 3.00 e. The fourth-order valence-electron chi connectivity index (χ4n) is 0.799. The van der Waals surface area contributed by atoms with E-state index in [9.17, 15) is 69.2 Å². The van der Waals surface area contributed by atoms with E-state index < -0.39 is 53.2 Å². The van der Waals surface area contributed by atoms with Gasteiger partial charge in [0, 0.05) is 0 Å². The molecule has 0 saturated heterocycles. The van der Waals surface area contributed by atoms with Crippen molar-refractivity contribution in [2.75, 3.05) is 0 Å². The molecule has 31 heavy (non-hydrogen) atoms. The zero-order valence-corrected chi connectivity index (χ0v) is 18.1. The molecule has 0 fully saturated rings. The summed E-state index contributed by atoms with van der Waals surface area (Å²) in [5.41, 5.74) is 0. The number of hydrogen-bond donors (Lipinski definition) is 0. The van der Waals surface area contributed by atoms with Crippen LogP contribution in [-0.2, 0) is 14.4 Å². The molecular formula is C15H12F9O6Sm. The minimum absolute atomic E-state index is 0. The van der Waals surface area contributed by atoms with E-state index in [0.717, 1.165) is 20.8 Å². The Kier molecular flexibility index (Phi) is 18.0. The van der Waals surface area contributed by atoms with Gasteiger partial charge in [-0.2, -0.15) is 39.5 Å². The van der Waals surface area contributed by atoms with Gasteiger partial charge in [0.15, 0.2) is 17.3 Å². The largest absolute Gasteiger partial charge is 3.00 e. The van der Waals surface area contributed by atoms with Crippen molar-refractivity contribution in [1.82, 2.24) is 0 Å². The van der Waals surface area contributed by atoms with Crippen molar-refractivity contribution in [3.05, 3.63) is 35.5 Å². The summed E-state index contributed by atoms with van der Waals surface area (Å²) >= 11 is 0. The van der Waals surface area contributed by atoms with Crippen molar-refractivity contribution in [3.8, 4) is 0 Å². The maximum absolute atomic E-state index is 11.3. The van der Waals surface area contributed by atoms with E-state index in [4.69, 9.17) is 0 Å². The third-order valence-electron chi connectivity index (χ3n) is 1.84. The van der Waals surface area contributed by atoms with Crippen LogP contribution in [0.15, 0.2) is 35.5 Å². The standard InChI is InChI=1S/3C5H5F3O2.Sm/c3*1-3(9)2-4(10)5(6,7)8;/h3*2,10H,1H3;/q;;;+3/p-3/b4-2+;2*4-2-;. The summed E-state index contributed by atoms with van der Waals surface area (Å²) in [6.45, 7) is 2.64. The van der Waals surface area contributed by atoms with Gasteiger partial charge in [-0.15, -0.1) is 0 Å². The molecule has 0 aromatic carbocycles. The van der Waals surface area contributed by atoms with Gasteiger partial charge in [-0.05, 0) is 56.3 Å². The molecule has 177 valence electrons. The molecule has 0 unspecified atom stereocenters. The van der Waals surface area contributed by atoms with Crippen molar-refractivity contribution in [1.29, 1.82) is 0 Å². The van der Waals surface area contributed by atoms with Crippen LogP contribution in [0.4, 0.5) is 39.5 Å². The first kappa shape index (κ1) is 36.7. The van der Waals surface area contributed by atoms with Gasteiger partial charge in [-0.25, -0.2) is 0 Å². The van der Waals surface area contributed by atoms with E-state index in [0.29, 0.717) is 0 Å². The fraction of sp³-hybridized carbons (Fsp3) is 0.400. The van der Waals surface area contributed by atoms with Gasteiger partial charge in [0.25, 0.3) is 0 Å². The van der Waals surface area contributed by atoms with Crippen LogP contribution in [0.1, 0.15) is 20.8 Å². The molecule has 0 heterocycles. The SMILES string of the molecule is CC(=O)/C=C(/[O-])C(F)(F)F.CC(=O)/C=C(\[O-])C(F)(F)F.CC(=O)/C=C(\[O-])C(F)(F)F.[Sm+3]. The molecule has 0 aromatic heterocycles. The number of carbonyl (C=O) groups is 3. The number of allylic oxidation sites excluding steroid dienone is 6. The molecule has 0 N–H and O–H groups in total. The van der Waals surface area contributed by atoms with Crippen LogP contribution in [0.2, 0.25) is 0 Å². The number of rotatable bonds is 3. The van der Waals surface area contributed by atoms with Crippen LogP contribution >= 0.6 is 0 Å². The number of halogens is 9. The molecule has 16 heteroatoms. The zero-order chi connectivity index (χ0) is 25.1. The minimum atomic E-state index is -4.92. The first-order chi connectivity index (χ1) is 13.0. The average molecular weight is 610 g/mol. The van der Waals surface area contributed by atoms with E-state index in [1.54, 1.807) is 0 Å². The summed E-state index contributed by atoms with van der Waals surface area (Å²) in [6, 6.07) is 0. The van der Waals surface area contributed by atoms with Gasteiger partial charge in [-0.3, -0.25) is 14.4 Å². The first-order valence-corrected chi connectivity index (χ1v) is 6.91. The number of ketones is 3. The van der Waals surface area contributed by atoms with E-state index in [2.05, 4.69) is 0 Å². The van der Waals surface area contributed by atoms with E-state index in [1.807, 2.05) is 0 Å². The number of carbonyl (C=O) groups excluding carboxylic acids is 3. The topological polar surface area (TPSA) is 120 Å². The van der Waals surface area contributed by atoms with Crippen LogP contribution < -0.4 is 15.3 Å². The summed E-state index contributed by atoms with van der Waals surface area (Å²) < 4.78 is 101. The third kappa shape index (κ3) is 24.5. The van der Waals surface area contributed by atoms with Crippen LogP contribution in [0.25, 0.3) is 0 Å². The molecule has 0 aromatic rings. The third-order valence-corrected chi connectivity index (χ3v) is 1.84. The quantitative estimate of drug-likeness (QED) is 0.269. The molecule has 0 saturated carbocycles. The molecular weight excluding hydrogens is 598 g/mol. The second-order valence-corrected chi connectivity index (χ2v) is 4.85. The molecule has 6 nitrogen and oxygen atoms in total. The van der Waals surface area contributed by atoms with Gasteiger partial charge >= 0.3 is 58.9 Å². The van der Waals surface area contributed by atoms with Gasteiger partial charge in [-0.1, -0.05) is 0 Å². The van der Waals surface area contributed by atoms with Gasteiger partial charge in [0.05, 0.1) is 0 Å². The Labute approximate surface area is 201 Å². The van der Waals surface area contributed by atoms with Gasteiger partial charge < -0.3 is 15.3 Å². The van der Waals surface area contributed by atoms with Crippen LogP contribution in [0.3, 0.4) is 0 Å². The Morgan fingerprint density at radius 3 is 0.677 bits per heavy atom. The smallest absolute Gasteiger partial charge is 0.869 e. The monoisotopic (exact) mass is 611 g/mol. The molecule has 0 rings (SSSR count). The second kappa shape index (κ2) is 15.2. The molecule has 0 aliphatic carbocycles. The predicted octanol–water partition coefficient (Wildman–Crippen LogP) is 1.15. The van der Waals surface area contributed by atoms with Crippen LogP contribution in [0, 0.1) is 40.4 Å². The normalized spacial score (nSPS) is 13.0. The zero-order valence-electron chi connectivity index (χ0n) is 15.5. The Morgan fingerprint density at radius 2 is 0.645 bits per heavy atom. The summed E-state index contributed by atoms with van der Waals surface area (Å²) in [5.74, 6) is -9.04. The summed E-state index contributed by atoms with van der Waals surface area (Å²) in [4.78, 5) is 29.8. The maximum atomic E-state index is 11.3.